The van der Waals surface area contributed by atoms with Crippen LogP contribution in [0, 0.1) is 6.92 Å². The zero-order valence-electron chi connectivity index (χ0n) is 11.4. The number of hydrazine groups is 1. The molecule has 0 atom stereocenters. The van der Waals surface area contributed by atoms with Gasteiger partial charge in [0, 0.05) is 6.54 Å². The summed E-state index contributed by atoms with van der Waals surface area (Å²) in [6.45, 7) is 2.64. The van der Waals surface area contributed by atoms with Gasteiger partial charge in [0.05, 0.1) is 11.9 Å². The van der Waals surface area contributed by atoms with E-state index in [2.05, 4.69) is 40.8 Å². The lowest BCUT2D eigenvalue weighted by atomic mass is 10.1. The average Bonchev–Trinajstić information content (AvgIpc) is 2.47. The summed E-state index contributed by atoms with van der Waals surface area (Å²) in [5, 5.41) is 2.85. The van der Waals surface area contributed by atoms with Crippen LogP contribution in [0.1, 0.15) is 21.6 Å². The molecule has 0 fully saturated rings. The van der Waals surface area contributed by atoms with E-state index in [9.17, 15) is 4.79 Å². The first-order chi connectivity index (χ1) is 9.69. The van der Waals surface area contributed by atoms with Crippen LogP contribution >= 0.6 is 0 Å². The van der Waals surface area contributed by atoms with Gasteiger partial charge in [-0.2, -0.15) is 0 Å². The molecule has 0 radical (unpaired) electrons. The van der Waals surface area contributed by atoms with Crippen LogP contribution in [0.4, 0.5) is 5.69 Å². The average molecular weight is 270 g/mol. The molecular formula is C15H18N4O. The summed E-state index contributed by atoms with van der Waals surface area (Å²) in [4.78, 5) is 15.9. The van der Waals surface area contributed by atoms with E-state index in [1.54, 1.807) is 12.1 Å². The van der Waals surface area contributed by atoms with Crippen LogP contribution in [-0.4, -0.2) is 17.4 Å². The minimum absolute atomic E-state index is 0.179. The van der Waals surface area contributed by atoms with E-state index in [0.717, 1.165) is 6.42 Å². The maximum Gasteiger partial charge on any atom is 0.269 e. The molecule has 0 aliphatic heterocycles. The van der Waals surface area contributed by atoms with Gasteiger partial charge in [-0.25, -0.2) is 4.98 Å². The summed E-state index contributed by atoms with van der Waals surface area (Å²) >= 11 is 0. The normalized spacial score (nSPS) is 10.1. The monoisotopic (exact) mass is 270 g/mol. The summed E-state index contributed by atoms with van der Waals surface area (Å²) in [5.41, 5.74) is 5.95. The molecule has 0 aliphatic carbocycles. The van der Waals surface area contributed by atoms with E-state index >= 15 is 0 Å². The third kappa shape index (κ3) is 3.80. The number of nitrogens with zero attached hydrogens (tertiary/aromatic N) is 1. The van der Waals surface area contributed by atoms with Gasteiger partial charge in [0.15, 0.2) is 0 Å². The number of carbonyl (C=O) groups is 1. The summed E-state index contributed by atoms with van der Waals surface area (Å²) in [6, 6.07) is 11.6. The maximum atomic E-state index is 11.9. The molecule has 104 valence electrons. The van der Waals surface area contributed by atoms with Crippen LogP contribution in [0.5, 0.6) is 0 Å². The highest BCUT2D eigenvalue weighted by molar-refractivity contribution is 5.92. The third-order valence-electron chi connectivity index (χ3n) is 2.94. The quantitative estimate of drug-likeness (QED) is 0.570. The molecule has 0 spiro atoms. The molecule has 20 heavy (non-hydrogen) atoms. The molecule has 0 unspecified atom stereocenters. The smallest absolute Gasteiger partial charge is 0.269 e. The van der Waals surface area contributed by atoms with Crippen LogP contribution in [0.3, 0.4) is 0 Å². The van der Waals surface area contributed by atoms with Crippen molar-refractivity contribution in [2.45, 2.75) is 13.3 Å². The Balaban J connectivity index is 1.85. The second-order valence-electron chi connectivity index (χ2n) is 4.57. The highest BCUT2D eigenvalue weighted by Crippen LogP contribution is 2.05. The van der Waals surface area contributed by atoms with Gasteiger partial charge in [-0.05, 0) is 31.0 Å². The van der Waals surface area contributed by atoms with Crippen molar-refractivity contribution in [2.75, 3.05) is 12.0 Å². The predicted octanol–water partition coefficient (Wildman–Crippen LogP) is 1.65. The van der Waals surface area contributed by atoms with Crippen LogP contribution in [-0.2, 0) is 6.42 Å². The molecule has 5 nitrogen and oxygen atoms in total. The van der Waals surface area contributed by atoms with Gasteiger partial charge in [0.2, 0.25) is 0 Å². The lowest BCUT2D eigenvalue weighted by molar-refractivity contribution is 0.0949. The van der Waals surface area contributed by atoms with E-state index in [1.807, 2.05) is 6.07 Å². The van der Waals surface area contributed by atoms with Gasteiger partial charge in [0.1, 0.15) is 5.69 Å². The van der Waals surface area contributed by atoms with Crippen LogP contribution in [0.2, 0.25) is 0 Å². The van der Waals surface area contributed by atoms with Gasteiger partial charge in [-0.3, -0.25) is 10.6 Å². The number of hydrogen-bond donors (Lipinski definition) is 3. The molecule has 0 saturated carbocycles. The Labute approximate surface area is 118 Å². The molecule has 2 rings (SSSR count). The molecule has 0 bridgehead atoms. The van der Waals surface area contributed by atoms with Crippen LogP contribution < -0.4 is 16.6 Å². The van der Waals surface area contributed by atoms with Gasteiger partial charge in [-0.1, -0.05) is 29.8 Å². The lowest BCUT2D eigenvalue weighted by Crippen LogP contribution is -2.26. The van der Waals surface area contributed by atoms with Crippen LogP contribution in [0.25, 0.3) is 0 Å². The van der Waals surface area contributed by atoms with E-state index in [-0.39, 0.29) is 5.91 Å². The SMILES string of the molecule is Cc1cccc(CCNC(=O)c2ccc(NN)cn2)c1. The Morgan fingerprint density at radius 1 is 1.30 bits per heavy atom. The number of carbonyl (C=O) groups excluding carboxylic acids is 1. The van der Waals surface area contributed by atoms with Gasteiger partial charge < -0.3 is 10.7 Å². The number of hydrogen-bond acceptors (Lipinski definition) is 4. The first-order valence-electron chi connectivity index (χ1n) is 6.45. The lowest BCUT2D eigenvalue weighted by Gasteiger charge is -2.06. The Morgan fingerprint density at radius 3 is 2.80 bits per heavy atom. The fourth-order valence-corrected chi connectivity index (χ4v) is 1.89. The molecule has 0 aliphatic rings. The number of aryl methyl sites for hydroxylation is 1. The molecular weight excluding hydrogens is 252 g/mol. The standard InChI is InChI=1S/C15H18N4O/c1-11-3-2-4-12(9-11)7-8-17-15(20)14-6-5-13(19-16)10-18-14/h2-6,9-10,19H,7-8,16H2,1H3,(H,17,20). The molecule has 2 aromatic rings. The summed E-state index contributed by atoms with van der Waals surface area (Å²) < 4.78 is 0. The predicted molar refractivity (Wildman–Crippen MR) is 79.3 cm³/mol. The first kappa shape index (κ1) is 14.0. The summed E-state index contributed by atoms with van der Waals surface area (Å²) in [7, 11) is 0. The summed E-state index contributed by atoms with van der Waals surface area (Å²) in [6.07, 6.45) is 2.32. The van der Waals surface area contributed by atoms with E-state index in [0.29, 0.717) is 17.9 Å². The minimum Gasteiger partial charge on any atom is -0.350 e. The topological polar surface area (TPSA) is 80.0 Å². The number of aromatic nitrogens is 1. The van der Waals surface area contributed by atoms with Crippen molar-refractivity contribution >= 4 is 11.6 Å². The van der Waals surface area contributed by atoms with E-state index in [1.165, 1.54) is 17.3 Å². The number of anilines is 1. The van der Waals surface area contributed by atoms with Crippen molar-refractivity contribution in [3.05, 3.63) is 59.4 Å². The van der Waals surface area contributed by atoms with Crippen molar-refractivity contribution in [3.63, 3.8) is 0 Å². The molecule has 1 heterocycles. The molecule has 5 heteroatoms. The Bertz CT molecular complexity index is 581. The number of benzene rings is 1. The zero-order chi connectivity index (χ0) is 14.4. The Kier molecular flexibility index (Phi) is 4.68. The van der Waals surface area contributed by atoms with Gasteiger partial charge >= 0.3 is 0 Å². The highest BCUT2D eigenvalue weighted by Gasteiger charge is 2.06. The third-order valence-corrected chi connectivity index (χ3v) is 2.94. The minimum atomic E-state index is -0.179. The van der Waals surface area contributed by atoms with Crippen molar-refractivity contribution in [1.29, 1.82) is 0 Å². The van der Waals surface area contributed by atoms with Crippen molar-refractivity contribution < 1.29 is 4.79 Å². The number of amides is 1. The van der Waals surface area contributed by atoms with Crippen LogP contribution in [0.15, 0.2) is 42.6 Å². The van der Waals surface area contributed by atoms with Crippen molar-refractivity contribution in [1.82, 2.24) is 10.3 Å². The molecule has 1 amide bonds. The number of nitrogens with one attached hydrogen (secondary N) is 2. The molecule has 4 N–H and O–H groups in total. The Hall–Kier alpha value is -2.40. The zero-order valence-corrected chi connectivity index (χ0v) is 11.4. The number of nitrogen functional groups attached to an aromatic ring is 1. The van der Waals surface area contributed by atoms with E-state index < -0.39 is 0 Å². The number of pyridine rings is 1. The highest BCUT2D eigenvalue weighted by atomic mass is 16.1. The number of rotatable bonds is 5. The molecule has 0 saturated heterocycles. The second kappa shape index (κ2) is 6.68. The Morgan fingerprint density at radius 2 is 2.15 bits per heavy atom. The molecule has 1 aromatic carbocycles. The largest absolute Gasteiger partial charge is 0.350 e. The second-order valence-corrected chi connectivity index (χ2v) is 4.57. The van der Waals surface area contributed by atoms with E-state index in [4.69, 9.17) is 5.84 Å². The van der Waals surface area contributed by atoms with Crippen molar-refractivity contribution in [2.24, 2.45) is 5.84 Å². The fraction of sp³-hybridized carbons (Fsp3) is 0.200. The summed E-state index contributed by atoms with van der Waals surface area (Å²) in [5.74, 6) is 5.06. The maximum absolute atomic E-state index is 11.9. The fourth-order valence-electron chi connectivity index (χ4n) is 1.89. The number of nitrogens with two attached hydrogens (primary N) is 1. The molecule has 1 aromatic heterocycles. The first-order valence-corrected chi connectivity index (χ1v) is 6.45. The van der Waals surface area contributed by atoms with Crippen molar-refractivity contribution in [3.8, 4) is 0 Å². The van der Waals surface area contributed by atoms with Gasteiger partial charge in [-0.15, -0.1) is 0 Å². The van der Waals surface area contributed by atoms with Gasteiger partial charge in [0.25, 0.3) is 5.91 Å².